The minimum atomic E-state index is -0.137. The molecule has 0 bridgehead atoms. The molecular weight excluding hydrogens is 362 g/mol. The van der Waals surface area contributed by atoms with E-state index in [4.69, 9.17) is 16.3 Å². The van der Waals surface area contributed by atoms with Gasteiger partial charge in [0.25, 0.3) is 5.91 Å². The minimum Gasteiger partial charge on any atom is -0.492 e. The summed E-state index contributed by atoms with van der Waals surface area (Å²) in [5.74, 6) is 0.713. The van der Waals surface area contributed by atoms with Crippen LogP contribution in [0.4, 0.5) is 11.4 Å². The summed E-state index contributed by atoms with van der Waals surface area (Å²) in [4.78, 5) is 14.6. The van der Waals surface area contributed by atoms with Gasteiger partial charge in [0, 0.05) is 34.7 Å². The molecular formula is C21H22ClN3O2. The van der Waals surface area contributed by atoms with Crippen molar-refractivity contribution in [3.63, 3.8) is 0 Å². The van der Waals surface area contributed by atoms with E-state index in [0.717, 1.165) is 29.2 Å². The Morgan fingerprint density at radius 1 is 1.15 bits per heavy atom. The highest BCUT2D eigenvalue weighted by atomic mass is 35.5. The van der Waals surface area contributed by atoms with Crippen molar-refractivity contribution in [2.24, 2.45) is 0 Å². The molecule has 27 heavy (non-hydrogen) atoms. The number of rotatable bonds is 6. The SMILES string of the molecule is O=C1Nc2ccc(Cl)cc2/C1=C\Nc1ccc(OCCN2CCCC2)cc1. The molecule has 2 N–H and O–H groups in total. The Bertz CT molecular complexity index is 858. The number of halogens is 1. The zero-order valence-corrected chi connectivity index (χ0v) is 15.8. The molecule has 1 fully saturated rings. The summed E-state index contributed by atoms with van der Waals surface area (Å²) >= 11 is 6.05. The lowest BCUT2D eigenvalue weighted by molar-refractivity contribution is -0.110. The highest BCUT2D eigenvalue weighted by molar-refractivity contribution is 6.34. The van der Waals surface area contributed by atoms with Gasteiger partial charge in [-0.25, -0.2) is 0 Å². The monoisotopic (exact) mass is 383 g/mol. The summed E-state index contributed by atoms with van der Waals surface area (Å²) in [5, 5.41) is 6.62. The Labute approximate surface area is 164 Å². The second-order valence-electron chi connectivity index (χ2n) is 6.77. The first-order chi connectivity index (χ1) is 13.2. The number of carbonyl (C=O) groups is 1. The Morgan fingerprint density at radius 2 is 1.93 bits per heavy atom. The van der Waals surface area contributed by atoms with Crippen LogP contribution in [0.15, 0.2) is 48.7 Å². The topological polar surface area (TPSA) is 53.6 Å². The third kappa shape index (κ3) is 4.26. The highest BCUT2D eigenvalue weighted by Gasteiger charge is 2.24. The van der Waals surface area contributed by atoms with Gasteiger partial charge in [-0.3, -0.25) is 9.69 Å². The van der Waals surface area contributed by atoms with Crippen molar-refractivity contribution in [3.8, 4) is 5.75 Å². The van der Waals surface area contributed by atoms with Crippen molar-refractivity contribution in [1.82, 2.24) is 4.90 Å². The first-order valence-corrected chi connectivity index (χ1v) is 9.60. The van der Waals surface area contributed by atoms with E-state index in [0.29, 0.717) is 17.2 Å². The molecule has 5 nitrogen and oxygen atoms in total. The molecule has 2 aromatic rings. The molecule has 0 aliphatic carbocycles. The molecule has 0 aromatic heterocycles. The Morgan fingerprint density at radius 3 is 2.70 bits per heavy atom. The first kappa shape index (κ1) is 17.9. The number of benzene rings is 2. The predicted octanol–water partition coefficient (Wildman–Crippen LogP) is 4.22. The fourth-order valence-electron chi connectivity index (χ4n) is 3.41. The molecule has 2 heterocycles. The fourth-order valence-corrected chi connectivity index (χ4v) is 3.58. The summed E-state index contributed by atoms with van der Waals surface area (Å²) in [5.41, 5.74) is 3.04. The van der Waals surface area contributed by atoms with Gasteiger partial charge >= 0.3 is 0 Å². The van der Waals surface area contributed by atoms with E-state index >= 15 is 0 Å². The van der Waals surface area contributed by atoms with Gasteiger partial charge < -0.3 is 15.4 Å². The van der Waals surface area contributed by atoms with Crippen LogP contribution >= 0.6 is 11.6 Å². The molecule has 2 aromatic carbocycles. The number of likely N-dealkylation sites (tertiary alicyclic amines) is 1. The van der Waals surface area contributed by atoms with Gasteiger partial charge in [-0.2, -0.15) is 0 Å². The molecule has 4 rings (SSSR count). The molecule has 140 valence electrons. The molecule has 2 aliphatic heterocycles. The molecule has 0 unspecified atom stereocenters. The van der Waals surface area contributed by atoms with E-state index in [1.165, 1.54) is 25.9 Å². The van der Waals surface area contributed by atoms with Crippen molar-refractivity contribution in [2.45, 2.75) is 12.8 Å². The Kier molecular flexibility index (Phi) is 5.32. The predicted molar refractivity (Wildman–Crippen MR) is 109 cm³/mol. The van der Waals surface area contributed by atoms with Gasteiger partial charge in [0.2, 0.25) is 0 Å². The van der Waals surface area contributed by atoms with Crippen molar-refractivity contribution < 1.29 is 9.53 Å². The van der Waals surface area contributed by atoms with Crippen LogP contribution in [-0.4, -0.2) is 37.0 Å². The van der Waals surface area contributed by atoms with Crippen molar-refractivity contribution >= 4 is 34.5 Å². The fraction of sp³-hybridized carbons (Fsp3) is 0.286. The molecule has 0 radical (unpaired) electrons. The van der Waals surface area contributed by atoms with Crippen LogP contribution in [0, 0.1) is 0 Å². The largest absolute Gasteiger partial charge is 0.492 e. The number of anilines is 2. The summed E-state index contributed by atoms with van der Waals surface area (Å²) < 4.78 is 5.81. The van der Waals surface area contributed by atoms with Gasteiger partial charge in [-0.1, -0.05) is 11.6 Å². The van der Waals surface area contributed by atoms with Gasteiger partial charge in [-0.15, -0.1) is 0 Å². The molecule has 2 aliphatic rings. The number of fused-ring (bicyclic) bond motifs is 1. The number of hydrogen-bond acceptors (Lipinski definition) is 4. The van der Waals surface area contributed by atoms with Crippen molar-refractivity contribution in [2.75, 3.05) is 36.9 Å². The highest BCUT2D eigenvalue weighted by Crippen LogP contribution is 2.33. The number of nitrogens with zero attached hydrogens (tertiary/aromatic N) is 1. The lowest BCUT2D eigenvalue weighted by Crippen LogP contribution is -2.25. The van der Waals surface area contributed by atoms with E-state index < -0.39 is 0 Å². The Hall–Kier alpha value is -2.50. The van der Waals surface area contributed by atoms with Crippen LogP contribution in [0.25, 0.3) is 5.57 Å². The molecule has 0 saturated carbocycles. The van der Waals surface area contributed by atoms with E-state index in [-0.39, 0.29) is 5.91 Å². The van der Waals surface area contributed by atoms with Crippen molar-refractivity contribution in [1.29, 1.82) is 0 Å². The van der Waals surface area contributed by atoms with E-state index in [1.807, 2.05) is 30.3 Å². The van der Waals surface area contributed by atoms with Crippen LogP contribution in [0.1, 0.15) is 18.4 Å². The maximum atomic E-state index is 12.2. The first-order valence-electron chi connectivity index (χ1n) is 9.22. The summed E-state index contributed by atoms with van der Waals surface area (Å²) in [7, 11) is 0. The van der Waals surface area contributed by atoms with E-state index in [1.54, 1.807) is 18.3 Å². The third-order valence-electron chi connectivity index (χ3n) is 4.88. The van der Waals surface area contributed by atoms with Crippen molar-refractivity contribution in [3.05, 3.63) is 59.3 Å². The molecule has 1 saturated heterocycles. The summed E-state index contributed by atoms with van der Waals surface area (Å²) in [6.45, 7) is 4.04. The summed E-state index contributed by atoms with van der Waals surface area (Å²) in [6.07, 6.45) is 4.30. The number of ether oxygens (including phenoxy) is 1. The smallest absolute Gasteiger partial charge is 0.257 e. The van der Waals surface area contributed by atoms with Gasteiger partial charge in [0.15, 0.2) is 0 Å². The van der Waals surface area contributed by atoms with Crippen LogP contribution in [0.5, 0.6) is 5.75 Å². The molecule has 0 spiro atoms. The van der Waals surface area contributed by atoms with Crippen LogP contribution < -0.4 is 15.4 Å². The van der Waals surface area contributed by atoms with E-state index in [2.05, 4.69) is 15.5 Å². The van der Waals surface area contributed by atoms with Crippen LogP contribution in [0.3, 0.4) is 0 Å². The number of amides is 1. The second-order valence-corrected chi connectivity index (χ2v) is 7.20. The standard InChI is InChI=1S/C21H22ClN3O2/c22-15-3-8-20-18(13-15)19(21(26)24-20)14-23-16-4-6-17(7-5-16)27-12-11-25-9-1-2-10-25/h3-8,13-14,23H,1-2,9-12H2,(H,24,26)/b19-14+. The normalized spacial score (nSPS) is 17.8. The average molecular weight is 384 g/mol. The summed E-state index contributed by atoms with van der Waals surface area (Å²) in [6, 6.07) is 13.1. The van der Waals surface area contributed by atoms with Crippen LogP contribution in [0.2, 0.25) is 5.02 Å². The van der Waals surface area contributed by atoms with E-state index in [9.17, 15) is 4.79 Å². The maximum Gasteiger partial charge on any atom is 0.257 e. The quantitative estimate of drug-likeness (QED) is 0.733. The average Bonchev–Trinajstić information content (AvgIpc) is 3.28. The van der Waals surface area contributed by atoms with Crippen LogP contribution in [-0.2, 0) is 4.79 Å². The minimum absolute atomic E-state index is 0.137. The zero-order chi connectivity index (χ0) is 18.6. The van der Waals surface area contributed by atoms with Gasteiger partial charge in [0.1, 0.15) is 12.4 Å². The maximum absolute atomic E-state index is 12.2. The Balaban J connectivity index is 1.35. The van der Waals surface area contributed by atoms with Gasteiger partial charge in [-0.05, 0) is 68.4 Å². The molecule has 1 amide bonds. The number of nitrogens with one attached hydrogen (secondary N) is 2. The second kappa shape index (κ2) is 8.03. The number of carbonyl (C=O) groups excluding carboxylic acids is 1. The van der Waals surface area contributed by atoms with Gasteiger partial charge in [0.05, 0.1) is 5.57 Å². The lowest BCUT2D eigenvalue weighted by Gasteiger charge is -2.15. The number of hydrogen-bond donors (Lipinski definition) is 2. The third-order valence-corrected chi connectivity index (χ3v) is 5.11. The molecule has 6 heteroatoms. The molecule has 0 atom stereocenters. The zero-order valence-electron chi connectivity index (χ0n) is 15.0. The lowest BCUT2D eigenvalue weighted by atomic mass is 10.1.